The van der Waals surface area contributed by atoms with Crippen LogP contribution in [-0.4, -0.2) is 22.6 Å². The van der Waals surface area contributed by atoms with Crippen LogP contribution < -0.4 is 0 Å². The van der Waals surface area contributed by atoms with Crippen LogP contribution >= 0.6 is 0 Å². The summed E-state index contributed by atoms with van der Waals surface area (Å²) in [7, 11) is 0. The van der Waals surface area contributed by atoms with E-state index in [-0.39, 0.29) is 0 Å². The van der Waals surface area contributed by atoms with E-state index in [1.807, 2.05) is 13.0 Å². The summed E-state index contributed by atoms with van der Waals surface area (Å²) in [5.74, 6) is 0.405. The zero-order valence-corrected chi connectivity index (χ0v) is 15.7. The molecule has 2 aliphatic heterocycles. The van der Waals surface area contributed by atoms with Gasteiger partial charge in [-0.1, -0.05) is 42.5 Å². The Morgan fingerprint density at radius 2 is 1.77 bits per heavy atom. The standard InChI is InChI=1S/C24H29NO/c1-18-19(9-6-14-24(18)26)15-16-20-8-2-3-12-22(20)23-13-7-11-21-10-4-5-17-25(21)23/h2-3,6,8-9,12-14,21,26H,4-5,7,10-11,15-17H2,1H3. The van der Waals surface area contributed by atoms with Gasteiger partial charge in [0.15, 0.2) is 0 Å². The van der Waals surface area contributed by atoms with Gasteiger partial charge in [-0.05, 0) is 74.6 Å². The predicted molar refractivity (Wildman–Crippen MR) is 108 cm³/mol. The minimum absolute atomic E-state index is 0.405. The van der Waals surface area contributed by atoms with Crippen LogP contribution in [0.1, 0.15) is 54.4 Å². The smallest absolute Gasteiger partial charge is 0.118 e. The van der Waals surface area contributed by atoms with Gasteiger partial charge in [-0.3, -0.25) is 0 Å². The molecule has 0 bridgehead atoms. The van der Waals surface area contributed by atoms with Crippen LogP contribution in [0.15, 0.2) is 48.5 Å². The minimum atomic E-state index is 0.405. The fraction of sp³-hybridized carbons (Fsp3) is 0.417. The number of hydrogen-bond donors (Lipinski definition) is 1. The molecule has 0 aliphatic carbocycles. The molecular formula is C24H29NO. The summed E-state index contributed by atoms with van der Waals surface area (Å²) >= 11 is 0. The number of benzene rings is 2. The molecule has 1 fully saturated rings. The SMILES string of the molecule is Cc1c(O)cccc1CCc1ccccc1C1=CCCC2CCCCN12. The van der Waals surface area contributed by atoms with E-state index in [0.717, 1.165) is 24.4 Å². The molecule has 2 aromatic rings. The number of rotatable bonds is 4. The first-order chi connectivity index (χ1) is 12.7. The number of nitrogens with zero attached hydrogens (tertiary/aromatic N) is 1. The second-order valence-electron chi connectivity index (χ2n) is 7.73. The first-order valence-corrected chi connectivity index (χ1v) is 10.1. The maximum absolute atomic E-state index is 9.97. The number of piperidine rings is 1. The van der Waals surface area contributed by atoms with Gasteiger partial charge in [0.25, 0.3) is 0 Å². The molecule has 0 spiro atoms. The Hall–Kier alpha value is -2.22. The van der Waals surface area contributed by atoms with E-state index in [1.165, 1.54) is 61.0 Å². The largest absolute Gasteiger partial charge is 0.508 e. The van der Waals surface area contributed by atoms with Crippen molar-refractivity contribution >= 4 is 5.70 Å². The highest BCUT2D eigenvalue weighted by Gasteiger charge is 2.28. The highest BCUT2D eigenvalue weighted by atomic mass is 16.3. The molecule has 136 valence electrons. The van der Waals surface area contributed by atoms with Crippen molar-refractivity contribution in [1.29, 1.82) is 0 Å². The lowest BCUT2D eigenvalue weighted by Crippen LogP contribution is -2.40. The molecule has 1 N–H and O–H groups in total. The van der Waals surface area contributed by atoms with Gasteiger partial charge >= 0.3 is 0 Å². The van der Waals surface area contributed by atoms with Gasteiger partial charge in [-0.25, -0.2) is 0 Å². The van der Waals surface area contributed by atoms with Crippen molar-refractivity contribution in [2.75, 3.05) is 6.54 Å². The lowest BCUT2D eigenvalue weighted by molar-refractivity contribution is 0.208. The molecule has 2 aliphatic rings. The monoisotopic (exact) mass is 347 g/mol. The molecular weight excluding hydrogens is 318 g/mol. The molecule has 2 heteroatoms. The molecule has 2 aromatic carbocycles. The molecule has 4 rings (SSSR count). The van der Waals surface area contributed by atoms with E-state index in [1.54, 1.807) is 6.07 Å². The molecule has 0 saturated carbocycles. The van der Waals surface area contributed by atoms with E-state index < -0.39 is 0 Å². The van der Waals surface area contributed by atoms with Crippen LogP contribution in [0.5, 0.6) is 5.75 Å². The predicted octanol–water partition coefficient (Wildman–Crippen LogP) is 5.48. The van der Waals surface area contributed by atoms with Crippen molar-refractivity contribution in [3.05, 3.63) is 70.8 Å². The van der Waals surface area contributed by atoms with E-state index in [0.29, 0.717) is 5.75 Å². The quantitative estimate of drug-likeness (QED) is 0.792. The second kappa shape index (κ2) is 7.57. The fourth-order valence-electron chi connectivity index (χ4n) is 4.61. The van der Waals surface area contributed by atoms with Gasteiger partial charge < -0.3 is 10.0 Å². The highest BCUT2D eigenvalue weighted by molar-refractivity contribution is 5.68. The number of allylic oxidation sites excluding steroid dienone is 1. The molecule has 0 amide bonds. The zero-order chi connectivity index (χ0) is 17.9. The third-order valence-electron chi connectivity index (χ3n) is 6.15. The maximum atomic E-state index is 9.97. The van der Waals surface area contributed by atoms with Crippen molar-refractivity contribution in [2.24, 2.45) is 0 Å². The van der Waals surface area contributed by atoms with Crippen LogP contribution in [-0.2, 0) is 12.8 Å². The number of aryl methyl sites for hydroxylation is 2. The Kier molecular flexibility index (Phi) is 5.01. The van der Waals surface area contributed by atoms with Gasteiger partial charge in [0.05, 0.1) is 0 Å². The summed E-state index contributed by atoms with van der Waals surface area (Å²) in [6.45, 7) is 3.22. The fourth-order valence-corrected chi connectivity index (χ4v) is 4.61. The Balaban J connectivity index is 1.59. The molecule has 0 radical (unpaired) electrons. The Bertz CT molecular complexity index is 808. The lowest BCUT2D eigenvalue weighted by Gasteiger charge is -2.42. The molecule has 2 nitrogen and oxygen atoms in total. The van der Waals surface area contributed by atoms with Crippen molar-refractivity contribution < 1.29 is 5.11 Å². The number of phenols is 1. The van der Waals surface area contributed by atoms with E-state index in [2.05, 4.69) is 41.3 Å². The van der Waals surface area contributed by atoms with Crippen molar-refractivity contribution in [3.63, 3.8) is 0 Å². The van der Waals surface area contributed by atoms with Crippen LogP contribution in [0, 0.1) is 6.92 Å². The van der Waals surface area contributed by atoms with Crippen molar-refractivity contribution in [2.45, 2.75) is 57.9 Å². The molecule has 1 unspecified atom stereocenters. The highest BCUT2D eigenvalue weighted by Crippen LogP contribution is 2.35. The zero-order valence-electron chi connectivity index (χ0n) is 15.7. The molecule has 1 saturated heterocycles. The summed E-state index contributed by atoms with van der Waals surface area (Å²) in [5.41, 5.74) is 6.56. The molecule has 1 atom stereocenters. The summed E-state index contributed by atoms with van der Waals surface area (Å²) in [4.78, 5) is 2.67. The average molecular weight is 348 g/mol. The average Bonchev–Trinajstić information content (AvgIpc) is 2.69. The van der Waals surface area contributed by atoms with Gasteiger partial charge in [-0.15, -0.1) is 0 Å². The van der Waals surface area contributed by atoms with E-state index in [9.17, 15) is 5.11 Å². The second-order valence-corrected chi connectivity index (χ2v) is 7.73. The van der Waals surface area contributed by atoms with Crippen LogP contribution in [0.3, 0.4) is 0 Å². The van der Waals surface area contributed by atoms with Crippen LogP contribution in [0.25, 0.3) is 5.70 Å². The normalized spacial score (nSPS) is 19.8. The maximum Gasteiger partial charge on any atom is 0.118 e. The number of phenolic OH excluding ortho intramolecular Hbond substituents is 1. The Labute approximate surface area is 157 Å². The summed E-state index contributed by atoms with van der Waals surface area (Å²) in [6, 6.07) is 15.5. The lowest BCUT2D eigenvalue weighted by atomic mass is 9.89. The third-order valence-corrected chi connectivity index (χ3v) is 6.15. The van der Waals surface area contributed by atoms with E-state index in [4.69, 9.17) is 0 Å². The third kappa shape index (κ3) is 3.38. The van der Waals surface area contributed by atoms with Crippen LogP contribution in [0.2, 0.25) is 0 Å². The number of fused-ring (bicyclic) bond motifs is 1. The number of hydrogen-bond acceptors (Lipinski definition) is 2. The van der Waals surface area contributed by atoms with Crippen LogP contribution in [0.4, 0.5) is 0 Å². The van der Waals surface area contributed by atoms with E-state index >= 15 is 0 Å². The molecule has 26 heavy (non-hydrogen) atoms. The van der Waals surface area contributed by atoms with Crippen molar-refractivity contribution in [1.82, 2.24) is 4.90 Å². The summed E-state index contributed by atoms with van der Waals surface area (Å²) < 4.78 is 0. The first-order valence-electron chi connectivity index (χ1n) is 10.1. The number of aromatic hydroxyl groups is 1. The van der Waals surface area contributed by atoms with Gasteiger partial charge in [-0.2, -0.15) is 0 Å². The Morgan fingerprint density at radius 1 is 0.962 bits per heavy atom. The van der Waals surface area contributed by atoms with Gasteiger partial charge in [0.1, 0.15) is 5.75 Å². The van der Waals surface area contributed by atoms with Crippen molar-refractivity contribution in [3.8, 4) is 5.75 Å². The van der Waals surface area contributed by atoms with Gasteiger partial charge in [0, 0.05) is 23.8 Å². The van der Waals surface area contributed by atoms with Gasteiger partial charge in [0.2, 0.25) is 0 Å². The summed E-state index contributed by atoms with van der Waals surface area (Å²) in [5, 5.41) is 9.97. The molecule has 2 heterocycles. The minimum Gasteiger partial charge on any atom is -0.508 e. The topological polar surface area (TPSA) is 23.5 Å². The first kappa shape index (κ1) is 17.2. The molecule has 0 aromatic heterocycles. The summed E-state index contributed by atoms with van der Waals surface area (Å²) in [6.07, 6.45) is 11.0. The Morgan fingerprint density at radius 3 is 2.69 bits per heavy atom.